The normalized spacial score (nSPS) is 30.4. The molecule has 0 N–H and O–H groups in total. The zero-order chi connectivity index (χ0) is 10.0. The molecule has 1 fully saturated rings. The molecule has 2 aliphatic rings. The molecule has 1 heterocycles. The average Bonchev–Trinajstić information content (AvgIpc) is 2.59. The highest BCUT2D eigenvalue weighted by Gasteiger charge is 2.37. The summed E-state index contributed by atoms with van der Waals surface area (Å²) in [7, 11) is 0. The van der Waals surface area contributed by atoms with E-state index in [1.165, 1.54) is 24.3 Å². The van der Waals surface area contributed by atoms with E-state index in [2.05, 4.69) is 49.2 Å². The smallest absolute Gasteiger partial charge is 0.0794 e. The van der Waals surface area contributed by atoms with Gasteiger partial charge in [0, 0.05) is 11.5 Å². The number of thioether (sulfide) groups is 2. The Bertz CT molecular complexity index is 249. The molecule has 0 amide bonds. The number of allylic oxidation sites excluding steroid dienone is 2. The van der Waals surface area contributed by atoms with E-state index in [0.717, 1.165) is 12.3 Å². The van der Waals surface area contributed by atoms with Crippen molar-refractivity contribution in [2.45, 2.75) is 30.3 Å². The first-order valence-electron chi connectivity index (χ1n) is 5.34. The lowest BCUT2D eigenvalue weighted by atomic mass is 9.86. The van der Waals surface area contributed by atoms with Gasteiger partial charge in [0.15, 0.2) is 0 Å². The number of hydrogen-bond acceptors (Lipinski definition) is 2. The van der Waals surface area contributed by atoms with Crippen LogP contribution in [-0.4, -0.2) is 15.6 Å². The molecule has 0 bridgehead atoms. The van der Waals surface area contributed by atoms with Gasteiger partial charge >= 0.3 is 0 Å². The molecule has 0 aromatic carbocycles. The minimum absolute atomic E-state index is 0.460. The topological polar surface area (TPSA) is 0 Å². The fraction of sp³-hybridized carbons (Fsp3) is 0.667. The predicted molar refractivity (Wildman–Crippen MR) is 68.9 cm³/mol. The first-order valence-corrected chi connectivity index (χ1v) is 7.31. The minimum Gasteiger partial charge on any atom is -0.139 e. The molecule has 2 rings (SSSR count). The van der Waals surface area contributed by atoms with Gasteiger partial charge in [0.05, 0.1) is 4.08 Å². The van der Waals surface area contributed by atoms with Gasteiger partial charge in [0.2, 0.25) is 0 Å². The summed E-state index contributed by atoms with van der Waals surface area (Å²) in [4.78, 5) is 0. The van der Waals surface area contributed by atoms with Crippen molar-refractivity contribution >= 4 is 23.5 Å². The summed E-state index contributed by atoms with van der Waals surface area (Å²) in [5, 5.41) is 0. The van der Waals surface area contributed by atoms with Crippen molar-refractivity contribution in [3.05, 3.63) is 24.3 Å². The van der Waals surface area contributed by atoms with E-state index in [1.54, 1.807) is 5.57 Å². The summed E-state index contributed by atoms with van der Waals surface area (Å²) in [5.74, 6) is 3.45. The molecule has 2 heteroatoms. The van der Waals surface area contributed by atoms with Crippen molar-refractivity contribution < 1.29 is 0 Å². The van der Waals surface area contributed by atoms with E-state index < -0.39 is 0 Å². The maximum atomic E-state index is 3.84. The van der Waals surface area contributed by atoms with Crippen LogP contribution in [0.25, 0.3) is 0 Å². The second-order valence-corrected chi connectivity index (χ2v) is 7.27. The molecule has 1 aliphatic carbocycles. The van der Waals surface area contributed by atoms with Gasteiger partial charge in [-0.15, -0.1) is 30.1 Å². The molecule has 78 valence electrons. The molecule has 0 radical (unpaired) electrons. The zero-order valence-corrected chi connectivity index (χ0v) is 10.4. The molecule has 0 aromatic heterocycles. The lowest BCUT2D eigenvalue weighted by Crippen LogP contribution is -2.22. The third-order valence-corrected chi connectivity index (χ3v) is 6.56. The van der Waals surface area contributed by atoms with E-state index in [9.17, 15) is 0 Å². The van der Waals surface area contributed by atoms with E-state index in [4.69, 9.17) is 0 Å². The molecule has 0 nitrogen and oxygen atoms in total. The quantitative estimate of drug-likeness (QED) is 0.650. The molecule has 0 aromatic rings. The highest BCUT2D eigenvalue weighted by Crippen LogP contribution is 2.52. The van der Waals surface area contributed by atoms with Gasteiger partial charge in [-0.3, -0.25) is 0 Å². The van der Waals surface area contributed by atoms with Crippen molar-refractivity contribution in [1.29, 1.82) is 0 Å². The lowest BCUT2D eigenvalue weighted by molar-refractivity contribution is 0.512. The van der Waals surface area contributed by atoms with Crippen molar-refractivity contribution in [3.8, 4) is 0 Å². The Kier molecular flexibility index (Phi) is 3.33. The second-order valence-electron chi connectivity index (χ2n) is 4.16. The Labute approximate surface area is 95.6 Å². The van der Waals surface area contributed by atoms with Gasteiger partial charge in [0.25, 0.3) is 0 Å². The van der Waals surface area contributed by atoms with Crippen LogP contribution in [-0.2, 0) is 0 Å². The van der Waals surface area contributed by atoms with Gasteiger partial charge in [-0.25, -0.2) is 0 Å². The van der Waals surface area contributed by atoms with E-state index in [1.807, 2.05) is 0 Å². The summed E-state index contributed by atoms with van der Waals surface area (Å²) in [5.41, 5.74) is 1.60. The molecular weight excluding hydrogens is 208 g/mol. The predicted octanol–water partition coefficient (Wildman–Crippen LogP) is 4.10. The molecule has 1 aliphatic heterocycles. The molecule has 1 unspecified atom stereocenters. The van der Waals surface area contributed by atoms with Gasteiger partial charge in [0.1, 0.15) is 0 Å². The maximum Gasteiger partial charge on any atom is 0.0794 e. The van der Waals surface area contributed by atoms with Gasteiger partial charge < -0.3 is 0 Å². The summed E-state index contributed by atoms with van der Waals surface area (Å²) >= 11 is 4.30. The van der Waals surface area contributed by atoms with Crippen LogP contribution in [0.1, 0.15) is 26.2 Å². The molecule has 1 spiro atoms. The van der Waals surface area contributed by atoms with Crippen LogP contribution in [0.5, 0.6) is 0 Å². The van der Waals surface area contributed by atoms with Crippen LogP contribution in [0.3, 0.4) is 0 Å². The summed E-state index contributed by atoms with van der Waals surface area (Å²) in [6, 6.07) is 0. The van der Waals surface area contributed by atoms with Crippen LogP contribution < -0.4 is 0 Å². The fourth-order valence-electron chi connectivity index (χ4n) is 2.34. The number of rotatable bonds is 2. The highest BCUT2D eigenvalue weighted by molar-refractivity contribution is 8.21. The molecule has 1 saturated heterocycles. The Balaban J connectivity index is 2.10. The average molecular weight is 226 g/mol. The van der Waals surface area contributed by atoms with Crippen molar-refractivity contribution in [1.82, 2.24) is 0 Å². The third kappa shape index (κ3) is 2.06. The van der Waals surface area contributed by atoms with Gasteiger partial charge in [-0.05, 0) is 32.1 Å². The summed E-state index contributed by atoms with van der Waals surface area (Å²) in [6.07, 6.45) is 8.47. The summed E-state index contributed by atoms with van der Waals surface area (Å²) in [6.45, 7) is 6.14. The molecule has 0 saturated carbocycles. The Morgan fingerprint density at radius 2 is 2.29 bits per heavy atom. The Hall–Kier alpha value is 0.180. The fourth-order valence-corrected chi connectivity index (χ4v) is 5.60. The number of hydrogen-bond donors (Lipinski definition) is 0. The van der Waals surface area contributed by atoms with Gasteiger partial charge in [-0.2, -0.15) is 0 Å². The minimum atomic E-state index is 0.460. The standard InChI is InChI=1S/C12H18S2/c1-3-4-11-5-6-12(9-10(11)2)13-7-8-14-12/h3,9,11H,1,4-8H2,2H3. The van der Waals surface area contributed by atoms with E-state index >= 15 is 0 Å². The van der Waals surface area contributed by atoms with Crippen LogP contribution in [0, 0.1) is 5.92 Å². The second kappa shape index (κ2) is 4.36. The maximum absolute atomic E-state index is 3.84. The monoisotopic (exact) mass is 226 g/mol. The zero-order valence-electron chi connectivity index (χ0n) is 8.79. The Morgan fingerprint density at radius 1 is 1.57 bits per heavy atom. The SMILES string of the molecule is C=CCC1CCC2(C=C1C)SCCS2. The van der Waals surface area contributed by atoms with Crippen molar-refractivity contribution in [2.75, 3.05) is 11.5 Å². The van der Waals surface area contributed by atoms with Crippen LogP contribution in [0.2, 0.25) is 0 Å². The van der Waals surface area contributed by atoms with E-state index in [-0.39, 0.29) is 0 Å². The Morgan fingerprint density at radius 3 is 2.86 bits per heavy atom. The van der Waals surface area contributed by atoms with Crippen molar-refractivity contribution in [3.63, 3.8) is 0 Å². The summed E-state index contributed by atoms with van der Waals surface area (Å²) < 4.78 is 0.460. The molecule has 14 heavy (non-hydrogen) atoms. The first kappa shape index (κ1) is 10.7. The lowest BCUT2D eigenvalue weighted by Gasteiger charge is -2.33. The van der Waals surface area contributed by atoms with Gasteiger partial charge in [-0.1, -0.05) is 17.7 Å². The molecule has 1 atom stereocenters. The van der Waals surface area contributed by atoms with Crippen LogP contribution >= 0.6 is 23.5 Å². The van der Waals surface area contributed by atoms with Crippen LogP contribution in [0.15, 0.2) is 24.3 Å². The largest absolute Gasteiger partial charge is 0.139 e. The van der Waals surface area contributed by atoms with Crippen LogP contribution in [0.4, 0.5) is 0 Å². The highest BCUT2D eigenvalue weighted by atomic mass is 32.2. The molecular formula is C12H18S2. The van der Waals surface area contributed by atoms with E-state index in [0.29, 0.717) is 4.08 Å². The van der Waals surface area contributed by atoms with Crippen molar-refractivity contribution in [2.24, 2.45) is 5.92 Å². The first-order chi connectivity index (χ1) is 6.76. The third-order valence-electron chi connectivity index (χ3n) is 3.16.